The molecular weight excluding hydrogens is 601 g/mol. The zero-order valence-corrected chi connectivity index (χ0v) is 24.3. The molecular formula is C29H23Cl2N5O5S. The second-order valence-corrected chi connectivity index (χ2v) is 11.4. The minimum Gasteiger partial charge on any atom is -0.497 e. The number of ether oxygens (including phenoxy) is 1. The maximum atomic E-state index is 13.5. The Bertz CT molecular complexity index is 1900. The lowest BCUT2D eigenvalue weighted by Crippen LogP contribution is -2.17. The summed E-state index contributed by atoms with van der Waals surface area (Å²) in [6.45, 7) is -0.231. The van der Waals surface area contributed by atoms with Crippen molar-refractivity contribution in [3.8, 4) is 5.75 Å². The fourth-order valence-corrected chi connectivity index (χ4v) is 5.48. The molecule has 0 radical (unpaired) electrons. The van der Waals surface area contributed by atoms with E-state index in [9.17, 15) is 18.3 Å². The Kier molecular flexibility index (Phi) is 8.46. The van der Waals surface area contributed by atoms with Gasteiger partial charge in [-0.3, -0.25) is 9.52 Å². The van der Waals surface area contributed by atoms with Crippen LogP contribution in [0.1, 0.15) is 15.9 Å². The second kappa shape index (κ2) is 12.2. The van der Waals surface area contributed by atoms with Crippen LogP contribution >= 0.6 is 23.2 Å². The fourth-order valence-electron chi connectivity index (χ4n) is 4.04. The second-order valence-electron chi connectivity index (χ2n) is 8.95. The van der Waals surface area contributed by atoms with E-state index in [2.05, 4.69) is 25.3 Å². The molecule has 0 atom stereocenters. The van der Waals surface area contributed by atoms with Crippen molar-refractivity contribution in [3.05, 3.63) is 106 Å². The number of sulfonamides is 1. The van der Waals surface area contributed by atoms with Crippen LogP contribution < -0.4 is 20.1 Å². The van der Waals surface area contributed by atoms with E-state index in [-0.39, 0.29) is 44.4 Å². The van der Waals surface area contributed by atoms with Gasteiger partial charge in [0.05, 0.1) is 45.3 Å². The van der Waals surface area contributed by atoms with Gasteiger partial charge in [0, 0.05) is 17.4 Å². The largest absolute Gasteiger partial charge is 0.497 e. The van der Waals surface area contributed by atoms with Crippen molar-refractivity contribution in [2.24, 2.45) is 0 Å². The molecule has 5 aromatic rings. The molecule has 0 unspecified atom stereocenters. The molecule has 1 amide bonds. The number of carbonyl (C=O) groups is 1. The summed E-state index contributed by atoms with van der Waals surface area (Å²) in [5.74, 6) is -0.0213. The molecule has 1 aromatic heterocycles. The lowest BCUT2D eigenvalue weighted by Gasteiger charge is -2.15. The van der Waals surface area contributed by atoms with Crippen molar-refractivity contribution in [3.63, 3.8) is 0 Å². The molecule has 42 heavy (non-hydrogen) atoms. The Morgan fingerprint density at radius 2 is 1.60 bits per heavy atom. The number of anilines is 4. The monoisotopic (exact) mass is 623 g/mol. The predicted octanol–water partition coefficient (Wildman–Crippen LogP) is 6.23. The molecule has 5 rings (SSSR count). The summed E-state index contributed by atoms with van der Waals surface area (Å²) >= 11 is 12.2. The number of methoxy groups -OCH3 is 1. The minimum atomic E-state index is -4.22. The number of aliphatic hydroxyl groups is 1. The normalized spacial score (nSPS) is 11.2. The van der Waals surface area contributed by atoms with Crippen LogP contribution in [-0.4, -0.2) is 36.5 Å². The van der Waals surface area contributed by atoms with Crippen LogP contribution in [-0.2, 0) is 16.6 Å². The third kappa shape index (κ3) is 6.39. The number of nitrogens with zero attached hydrogens (tertiary/aromatic N) is 2. The fraction of sp³-hybridized carbons (Fsp3) is 0.0690. The highest BCUT2D eigenvalue weighted by Crippen LogP contribution is 2.30. The number of rotatable bonds is 9. The molecule has 0 spiro atoms. The Labute approximate surface area is 251 Å². The van der Waals surface area contributed by atoms with Crippen LogP contribution in [0.5, 0.6) is 5.75 Å². The van der Waals surface area contributed by atoms with Crippen molar-refractivity contribution in [2.45, 2.75) is 11.5 Å². The summed E-state index contributed by atoms with van der Waals surface area (Å²) in [6.07, 6.45) is 0. The number of hydrogen-bond donors (Lipinski definition) is 4. The van der Waals surface area contributed by atoms with Crippen molar-refractivity contribution >= 4 is 73.2 Å². The molecule has 0 saturated heterocycles. The molecule has 0 fully saturated rings. The summed E-state index contributed by atoms with van der Waals surface area (Å²) in [6, 6.07) is 22.4. The molecule has 0 aliphatic heterocycles. The maximum absolute atomic E-state index is 13.5. The van der Waals surface area contributed by atoms with E-state index in [1.165, 1.54) is 31.4 Å². The van der Waals surface area contributed by atoms with Gasteiger partial charge in [-0.25, -0.2) is 18.4 Å². The first-order valence-corrected chi connectivity index (χ1v) is 14.6. The van der Waals surface area contributed by atoms with Crippen molar-refractivity contribution < 1.29 is 23.1 Å². The number of fused-ring (bicyclic) bond motifs is 1. The number of aromatic nitrogens is 2. The molecule has 4 aromatic carbocycles. The SMILES string of the molecule is COc1cc(CO)cc(Nc2nc3ccccc3nc2NS(=O)(=O)c2cccc(NC(=O)c3cccc(Cl)c3Cl)c2)c1. The zero-order chi connectivity index (χ0) is 29.9. The maximum Gasteiger partial charge on any atom is 0.263 e. The van der Waals surface area contributed by atoms with Crippen molar-refractivity contribution in [1.29, 1.82) is 0 Å². The summed E-state index contributed by atoms with van der Waals surface area (Å²) in [7, 11) is -2.72. The number of halogens is 2. The first-order valence-electron chi connectivity index (χ1n) is 12.4. The van der Waals surface area contributed by atoms with Gasteiger partial charge in [-0.2, -0.15) is 0 Å². The molecule has 13 heteroatoms. The Hall–Kier alpha value is -4.42. The van der Waals surface area contributed by atoms with Gasteiger partial charge >= 0.3 is 0 Å². The first kappa shape index (κ1) is 29.1. The third-order valence-electron chi connectivity index (χ3n) is 6.05. The van der Waals surface area contributed by atoms with Crippen molar-refractivity contribution in [2.75, 3.05) is 22.5 Å². The number of hydrogen-bond acceptors (Lipinski definition) is 8. The highest BCUT2D eigenvalue weighted by molar-refractivity contribution is 7.92. The summed E-state index contributed by atoms with van der Waals surface area (Å²) in [5, 5.41) is 15.7. The first-order chi connectivity index (χ1) is 20.2. The van der Waals surface area contributed by atoms with E-state index in [0.717, 1.165) is 0 Å². The molecule has 0 aliphatic rings. The van der Waals surface area contributed by atoms with Crippen LogP contribution in [0.4, 0.5) is 23.0 Å². The van der Waals surface area contributed by atoms with E-state index in [1.807, 2.05) is 0 Å². The molecule has 4 N–H and O–H groups in total. The van der Waals surface area contributed by atoms with E-state index in [0.29, 0.717) is 28.0 Å². The number of para-hydroxylation sites is 2. The number of aliphatic hydroxyl groups excluding tert-OH is 1. The lowest BCUT2D eigenvalue weighted by molar-refractivity contribution is 0.102. The molecule has 1 heterocycles. The zero-order valence-electron chi connectivity index (χ0n) is 21.9. The van der Waals surface area contributed by atoms with Gasteiger partial charge < -0.3 is 20.5 Å². The molecule has 214 valence electrons. The van der Waals surface area contributed by atoms with E-state index in [4.69, 9.17) is 27.9 Å². The van der Waals surface area contributed by atoms with E-state index >= 15 is 0 Å². The standard InChI is InChI=1S/C29H23Cl2N5O5S/c1-41-20-13-17(16-37)12-19(14-20)32-27-28(35-25-11-3-2-10-24(25)34-27)36-42(39,40)21-7-4-6-18(15-21)33-29(38)22-8-5-9-23(30)26(22)31/h2-15,37H,16H2,1H3,(H,32,34)(H,33,38)(H,35,36). The van der Waals surface area contributed by atoms with Gasteiger partial charge in [0.2, 0.25) is 0 Å². The molecule has 0 aliphatic carbocycles. The van der Waals surface area contributed by atoms with Gasteiger partial charge in [-0.15, -0.1) is 0 Å². The summed E-state index contributed by atoms with van der Waals surface area (Å²) in [4.78, 5) is 21.7. The predicted molar refractivity (Wildman–Crippen MR) is 163 cm³/mol. The number of amides is 1. The summed E-state index contributed by atoms with van der Waals surface area (Å²) < 4.78 is 34.9. The Balaban J connectivity index is 1.47. The van der Waals surface area contributed by atoms with Gasteiger partial charge in [-0.05, 0) is 60.2 Å². The molecule has 10 nitrogen and oxygen atoms in total. The van der Waals surface area contributed by atoms with E-state index < -0.39 is 15.9 Å². The third-order valence-corrected chi connectivity index (χ3v) is 8.20. The molecule has 0 bridgehead atoms. The quantitative estimate of drug-likeness (QED) is 0.151. The van der Waals surface area contributed by atoms with Gasteiger partial charge in [0.25, 0.3) is 15.9 Å². The molecule has 0 saturated carbocycles. The topological polar surface area (TPSA) is 143 Å². The van der Waals surface area contributed by atoms with E-state index in [1.54, 1.807) is 60.7 Å². The van der Waals surface area contributed by atoms with Gasteiger partial charge in [0.15, 0.2) is 11.6 Å². The summed E-state index contributed by atoms with van der Waals surface area (Å²) in [5.41, 5.74) is 2.41. The van der Waals surface area contributed by atoms with Gasteiger partial charge in [-0.1, -0.05) is 47.5 Å². The minimum absolute atomic E-state index is 0.0674. The van der Waals surface area contributed by atoms with Crippen LogP contribution in [0.3, 0.4) is 0 Å². The highest BCUT2D eigenvalue weighted by Gasteiger charge is 2.21. The number of carbonyl (C=O) groups excluding carboxylic acids is 1. The van der Waals surface area contributed by atoms with Crippen LogP contribution in [0.25, 0.3) is 11.0 Å². The van der Waals surface area contributed by atoms with Crippen LogP contribution in [0.2, 0.25) is 10.0 Å². The highest BCUT2D eigenvalue weighted by atomic mass is 35.5. The Morgan fingerprint density at radius 1 is 0.881 bits per heavy atom. The smallest absolute Gasteiger partial charge is 0.263 e. The van der Waals surface area contributed by atoms with Gasteiger partial charge in [0.1, 0.15) is 5.75 Å². The average molecular weight is 625 g/mol. The number of nitrogens with one attached hydrogen (secondary N) is 3. The lowest BCUT2D eigenvalue weighted by atomic mass is 10.2. The van der Waals surface area contributed by atoms with Crippen molar-refractivity contribution in [1.82, 2.24) is 9.97 Å². The van der Waals surface area contributed by atoms with Crippen LogP contribution in [0.15, 0.2) is 89.8 Å². The Morgan fingerprint density at radius 3 is 2.31 bits per heavy atom. The average Bonchev–Trinajstić information content (AvgIpc) is 2.98. The number of benzene rings is 4. The van der Waals surface area contributed by atoms with Crippen LogP contribution in [0, 0.1) is 0 Å².